The molecule has 1 saturated heterocycles. The van der Waals surface area contributed by atoms with Crippen molar-refractivity contribution < 1.29 is 23.2 Å². The van der Waals surface area contributed by atoms with Crippen LogP contribution in [0.2, 0.25) is 0 Å². The van der Waals surface area contributed by atoms with Crippen molar-refractivity contribution in [3.63, 3.8) is 0 Å². The molecule has 0 aromatic heterocycles. The summed E-state index contributed by atoms with van der Waals surface area (Å²) in [6.07, 6.45) is 1.56. The summed E-state index contributed by atoms with van der Waals surface area (Å²) in [6, 6.07) is 2.29. The van der Waals surface area contributed by atoms with Gasteiger partial charge in [0.15, 0.2) is 0 Å². The van der Waals surface area contributed by atoms with Crippen molar-refractivity contribution in [2.75, 3.05) is 0 Å². The maximum Gasteiger partial charge on any atom is 0.249 e. The highest BCUT2D eigenvalue weighted by molar-refractivity contribution is 6.06. The molecule has 23 heavy (non-hydrogen) atoms. The molecule has 1 atom stereocenters. The number of imide groups is 1. The van der Waals surface area contributed by atoms with E-state index in [1.807, 2.05) is 0 Å². The molecule has 122 valence electrons. The number of nitrogens with one attached hydrogen (secondary N) is 1. The van der Waals surface area contributed by atoms with E-state index >= 15 is 0 Å². The lowest BCUT2D eigenvalue weighted by molar-refractivity contribution is -0.139. The zero-order valence-electron chi connectivity index (χ0n) is 12.4. The SMILES string of the molecule is O=C1C[C@H](N(C(=O)CCc2cc(F)ccc2F)C2CC2)C(=O)N1. The molecule has 1 saturated carbocycles. The van der Waals surface area contributed by atoms with Crippen LogP contribution in [0.15, 0.2) is 18.2 Å². The van der Waals surface area contributed by atoms with Crippen LogP contribution in [0.25, 0.3) is 0 Å². The van der Waals surface area contributed by atoms with E-state index < -0.39 is 29.5 Å². The van der Waals surface area contributed by atoms with Crippen LogP contribution in [0.1, 0.15) is 31.2 Å². The minimum atomic E-state index is -0.778. The minimum Gasteiger partial charge on any atom is -0.327 e. The van der Waals surface area contributed by atoms with Gasteiger partial charge in [-0.2, -0.15) is 0 Å². The lowest BCUT2D eigenvalue weighted by Gasteiger charge is -2.26. The lowest BCUT2D eigenvalue weighted by atomic mass is 10.1. The predicted molar refractivity (Wildman–Crippen MR) is 76.1 cm³/mol. The number of benzene rings is 1. The van der Waals surface area contributed by atoms with E-state index in [1.165, 1.54) is 4.90 Å². The first-order chi connectivity index (χ1) is 11.0. The third-order valence-electron chi connectivity index (χ3n) is 4.12. The summed E-state index contributed by atoms with van der Waals surface area (Å²) in [5.41, 5.74) is 0.126. The summed E-state index contributed by atoms with van der Waals surface area (Å²) in [5, 5.41) is 2.19. The van der Waals surface area contributed by atoms with E-state index in [1.54, 1.807) is 0 Å². The van der Waals surface area contributed by atoms with Crippen molar-refractivity contribution in [3.05, 3.63) is 35.4 Å². The molecule has 1 aliphatic heterocycles. The van der Waals surface area contributed by atoms with E-state index in [0.717, 1.165) is 31.0 Å². The largest absolute Gasteiger partial charge is 0.327 e. The molecule has 3 amide bonds. The molecule has 2 aliphatic rings. The molecule has 7 heteroatoms. The van der Waals surface area contributed by atoms with Gasteiger partial charge in [-0.1, -0.05) is 0 Å². The predicted octanol–water partition coefficient (Wildman–Crippen LogP) is 1.30. The summed E-state index contributed by atoms with van der Waals surface area (Å²) < 4.78 is 26.8. The number of hydrogen-bond acceptors (Lipinski definition) is 3. The topological polar surface area (TPSA) is 66.5 Å². The van der Waals surface area contributed by atoms with Crippen molar-refractivity contribution in [1.82, 2.24) is 10.2 Å². The molecular formula is C16H16F2N2O3. The molecule has 1 heterocycles. The lowest BCUT2D eigenvalue weighted by Crippen LogP contribution is -2.46. The van der Waals surface area contributed by atoms with Gasteiger partial charge in [0.1, 0.15) is 17.7 Å². The van der Waals surface area contributed by atoms with Crippen molar-refractivity contribution in [1.29, 1.82) is 0 Å². The zero-order valence-corrected chi connectivity index (χ0v) is 12.4. The average Bonchev–Trinajstić information content (AvgIpc) is 3.26. The Hall–Kier alpha value is -2.31. The molecule has 0 bridgehead atoms. The fourth-order valence-corrected chi connectivity index (χ4v) is 2.85. The smallest absolute Gasteiger partial charge is 0.249 e. The van der Waals surface area contributed by atoms with Crippen molar-refractivity contribution in [2.45, 2.75) is 44.2 Å². The van der Waals surface area contributed by atoms with Gasteiger partial charge in [-0.05, 0) is 43.0 Å². The second-order valence-electron chi connectivity index (χ2n) is 5.90. The Labute approximate surface area is 131 Å². The van der Waals surface area contributed by atoms with Crippen LogP contribution in [-0.4, -0.2) is 34.7 Å². The van der Waals surface area contributed by atoms with Gasteiger partial charge < -0.3 is 4.90 Å². The van der Waals surface area contributed by atoms with Crippen molar-refractivity contribution >= 4 is 17.7 Å². The minimum absolute atomic E-state index is 0.0323. The van der Waals surface area contributed by atoms with Gasteiger partial charge in [0.05, 0.1) is 6.42 Å². The first kappa shape index (κ1) is 15.6. The standard InChI is InChI=1S/C16H16F2N2O3/c17-10-2-5-12(18)9(7-10)1-6-15(22)20(11-3-4-11)13-8-14(21)19-16(13)23/h2,5,7,11,13H,1,3-4,6,8H2,(H,19,21,23)/t13-/m0/s1. The van der Waals surface area contributed by atoms with Crippen LogP contribution in [0.5, 0.6) is 0 Å². The Bertz CT molecular complexity index is 673. The van der Waals surface area contributed by atoms with Crippen LogP contribution >= 0.6 is 0 Å². The van der Waals surface area contributed by atoms with Crippen LogP contribution < -0.4 is 5.32 Å². The molecular weight excluding hydrogens is 306 g/mol. The van der Waals surface area contributed by atoms with Crippen LogP contribution in [0.3, 0.4) is 0 Å². The second-order valence-corrected chi connectivity index (χ2v) is 5.90. The van der Waals surface area contributed by atoms with Gasteiger partial charge in [0.25, 0.3) is 0 Å². The fourth-order valence-electron chi connectivity index (χ4n) is 2.85. The Morgan fingerprint density at radius 3 is 2.61 bits per heavy atom. The molecule has 0 unspecified atom stereocenters. The first-order valence-electron chi connectivity index (χ1n) is 7.54. The van der Waals surface area contributed by atoms with Gasteiger partial charge in [0, 0.05) is 12.5 Å². The Morgan fingerprint density at radius 2 is 2.00 bits per heavy atom. The number of hydrogen-bond donors (Lipinski definition) is 1. The number of carbonyl (C=O) groups excluding carboxylic acids is 3. The van der Waals surface area contributed by atoms with Gasteiger partial charge in [-0.25, -0.2) is 8.78 Å². The number of halogens is 2. The summed E-state index contributed by atoms with van der Waals surface area (Å²) >= 11 is 0. The Balaban J connectivity index is 1.69. The van der Waals surface area contributed by atoms with Gasteiger partial charge in [-0.3, -0.25) is 19.7 Å². The molecule has 2 fully saturated rings. The zero-order chi connectivity index (χ0) is 16.6. The molecule has 1 aromatic carbocycles. The van der Waals surface area contributed by atoms with E-state index in [4.69, 9.17) is 0 Å². The second kappa shape index (κ2) is 6.06. The highest BCUT2D eigenvalue weighted by Gasteiger charge is 2.44. The summed E-state index contributed by atoms with van der Waals surface area (Å²) in [5.74, 6) is -2.30. The molecule has 1 aliphatic carbocycles. The Kier molecular flexibility index (Phi) is 4.11. The molecule has 1 N–H and O–H groups in total. The van der Waals surface area contributed by atoms with E-state index in [9.17, 15) is 23.2 Å². The Morgan fingerprint density at radius 1 is 1.26 bits per heavy atom. The van der Waals surface area contributed by atoms with E-state index in [-0.39, 0.29) is 36.8 Å². The van der Waals surface area contributed by atoms with Gasteiger partial charge >= 0.3 is 0 Å². The van der Waals surface area contributed by atoms with Crippen molar-refractivity contribution in [3.8, 4) is 0 Å². The molecule has 3 rings (SSSR count). The number of rotatable bonds is 5. The maximum atomic E-state index is 13.6. The molecule has 0 spiro atoms. The molecule has 5 nitrogen and oxygen atoms in total. The monoisotopic (exact) mass is 322 g/mol. The first-order valence-corrected chi connectivity index (χ1v) is 7.54. The van der Waals surface area contributed by atoms with Gasteiger partial charge in [-0.15, -0.1) is 0 Å². The van der Waals surface area contributed by atoms with Crippen LogP contribution in [0.4, 0.5) is 8.78 Å². The van der Waals surface area contributed by atoms with E-state index in [0.29, 0.717) is 0 Å². The highest BCUT2D eigenvalue weighted by Crippen LogP contribution is 2.31. The van der Waals surface area contributed by atoms with Crippen LogP contribution in [-0.2, 0) is 20.8 Å². The van der Waals surface area contributed by atoms with Crippen LogP contribution in [0, 0.1) is 11.6 Å². The summed E-state index contributed by atoms with van der Waals surface area (Å²) in [6.45, 7) is 0. The fraction of sp³-hybridized carbons (Fsp3) is 0.438. The van der Waals surface area contributed by atoms with E-state index in [2.05, 4.69) is 5.32 Å². The van der Waals surface area contributed by atoms with Crippen molar-refractivity contribution in [2.24, 2.45) is 0 Å². The third-order valence-corrected chi connectivity index (χ3v) is 4.12. The number of nitrogens with zero attached hydrogens (tertiary/aromatic N) is 1. The van der Waals surface area contributed by atoms with Gasteiger partial charge in [0.2, 0.25) is 17.7 Å². The molecule has 0 radical (unpaired) electrons. The molecule has 1 aromatic rings. The number of amides is 3. The maximum absolute atomic E-state index is 13.6. The number of carbonyl (C=O) groups is 3. The average molecular weight is 322 g/mol. The number of aryl methyl sites for hydroxylation is 1. The normalized spacial score (nSPS) is 20.5. The summed E-state index contributed by atoms with van der Waals surface area (Å²) in [7, 11) is 0. The summed E-state index contributed by atoms with van der Waals surface area (Å²) in [4.78, 5) is 37.0. The third kappa shape index (κ3) is 3.38. The quantitative estimate of drug-likeness (QED) is 0.831. The highest BCUT2D eigenvalue weighted by atomic mass is 19.1.